The molecule has 1 atom stereocenters. The highest BCUT2D eigenvalue weighted by atomic mass is 15.2. The number of benzene rings is 1. The highest BCUT2D eigenvalue weighted by molar-refractivity contribution is 5.18. The van der Waals surface area contributed by atoms with E-state index in [1.807, 2.05) is 6.07 Å². The summed E-state index contributed by atoms with van der Waals surface area (Å²) in [6, 6.07) is 11.5. The predicted octanol–water partition coefficient (Wildman–Crippen LogP) is 2.95. The summed E-state index contributed by atoms with van der Waals surface area (Å²) in [6.07, 6.45) is 5.10. The minimum atomic E-state index is 0.189. The Morgan fingerprint density at radius 1 is 1.24 bits per heavy atom. The van der Waals surface area contributed by atoms with E-state index in [0.717, 1.165) is 19.0 Å². The molecule has 1 saturated carbocycles. The lowest BCUT2D eigenvalue weighted by atomic mass is 10.0. The van der Waals surface area contributed by atoms with Gasteiger partial charge >= 0.3 is 0 Å². The summed E-state index contributed by atoms with van der Waals surface area (Å²) in [5.74, 6) is 0. The molecule has 0 saturated heterocycles. The van der Waals surface area contributed by atoms with Crippen LogP contribution in [0.4, 0.5) is 0 Å². The molecule has 2 nitrogen and oxygen atoms in total. The number of nitrogens with two attached hydrogens (primary N) is 1. The Morgan fingerprint density at radius 2 is 1.94 bits per heavy atom. The molecule has 2 N–H and O–H groups in total. The first-order valence-corrected chi connectivity index (χ1v) is 6.86. The van der Waals surface area contributed by atoms with Crippen molar-refractivity contribution in [2.75, 3.05) is 13.1 Å². The number of nitrogens with zero attached hydrogens (tertiary/aromatic N) is 1. The molecule has 1 unspecified atom stereocenters. The summed E-state index contributed by atoms with van der Waals surface area (Å²) in [6.45, 7) is 4.63. The summed E-state index contributed by atoms with van der Waals surface area (Å²) < 4.78 is 0. The molecular weight excluding hydrogens is 208 g/mol. The molecule has 1 aliphatic carbocycles. The van der Waals surface area contributed by atoms with Crippen molar-refractivity contribution in [1.82, 2.24) is 4.90 Å². The number of rotatable bonds is 7. The van der Waals surface area contributed by atoms with Crippen molar-refractivity contribution in [3.63, 3.8) is 0 Å². The minimum Gasteiger partial charge on any atom is -0.324 e. The Labute approximate surface area is 105 Å². The number of hydrogen-bond acceptors (Lipinski definition) is 2. The van der Waals surface area contributed by atoms with Crippen molar-refractivity contribution in [3.8, 4) is 0 Å². The zero-order chi connectivity index (χ0) is 12.1. The van der Waals surface area contributed by atoms with Gasteiger partial charge in [0.15, 0.2) is 0 Å². The quantitative estimate of drug-likeness (QED) is 0.783. The van der Waals surface area contributed by atoms with Crippen LogP contribution in [0.1, 0.15) is 44.2 Å². The van der Waals surface area contributed by atoms with E-state index < -0.39 is 0 Å². The topological polar surface area (TPSA) is 29.3 Å². The van der Waals surface area contributed by atoms with Crippen LogP contribution < -0.4 is 5.73 Å². The van der Waals surface area contributed by atoms with Gasteiger partial charge in [0, 0.05) is 18.6 Å². The summed E-state index contributed by atoms with van der Waals surface area (Å²) >= 11 is 0. The van der Waals surface area contributed by atoms with E-state index in [4.69, 9.17) is 5.73 Å². The zero-order valence-corrected chi connectivity index (χ0v) is 10.8. The van der Waals surface area contributed by atoms with Crippen LogP contribution in [0.15, 0.2) is 30.3 Å². The third kappa shape index (κ3) is 3.83. The maximum absolute atomic E-state index is 6.23. The monoisotopic (exact) mass is 232 g/mol. The molecule has 0 amide bonds. The average molecular weight is 232 g/mol. The van der Waals surface area contributed by atoms with E-state index in [1.54, 1.807) is 0 Å². The molecule has 1 aromatic carbocycles. The molecule has 0 heterocycles. The molecule has 0 radical (unpaired) electrons. The van der Waals surface area contributed by atoms with Gasteiger partial charge < -0.3 is 10.6 Å². The Hall–Kier alpha value is -0.860. The first kappa shape index (κ1) is 12.6. The van der Waals surface area contributed by atoms with Gasteiger partial charge in [0.25, 0.3) is 0 Å². The molecule has 0 aromatic heterocycles. The molecular formula is C15H24N2. The van der Waals surface area contributed by atoms with Crippen molar-refractivity contribution in [1.29, 1.82) is 0 Å². The standard InChI is InChI=1S/C15H24N2/c1-2-11-17(14-8-9-14)12-10-15(16)13-6-4-3-5-7-13/h3-7,14-15H,2,8-12,16H2,1H3. The van der Waals surface area contributed by atoms with Gasteiger partial charge in [-0.25, -0.2) is 0 Å². The van der Waals surface area contributed by atoms with E-state index in [-0.39, 0.29) is 6.04 Å². The van der Waals surface area contributed by atoms with Gasteiger partial charge in [0.05, 0.1) is 0 Å². The van der Waals surface area contributed by atoms with Gasteiger partial charge in [-0.2, -0.15) is 0 Å². The second kappa shape index (κ2) is 6.18. The van der Waals surface area contributed by atoms with Gasteiger partial charge in [0.1, 0.15) is 0 Å². The third-order valence-corrected chi connectivity index (χ3v) is 3.53. The fraction of sp³-hybridized carbons (Fsp3) is 0.600. The SMILES string of the molecule is CCCN(CCC(N)c1ccccc1)C1CC1. The largest absolute Gasteiger partial charge is 0.324 e. The van der Waals surface area contributed by atoms with Gasteiger partial charge in [-0.3, -0.25) is 0 Å². The molecule has 1 aliphatic rings. The van der Waals surface area contributed by atoms with Crippen molar-refractivity contribution in [2.45, 2.75) is 44.7 Å². The Kier molecular flexibility index (Phi) is 4.57. The van der Waals surface area contributed by atoms with Crippen LogP contribution in [0.3, 0.4) is 0 Å². The van der Waals surface area contributed by atoms with Crippen molar-refractivity contribution in [3.05, 3.63) is 35.9 Å². The predicted molar refractivity (Wildman–Crippen MR) is 72.9 cm³/mol. The maximum Gasteiger partial charge on any atom is 0.0307 e. The molecule has 17 heavy (non-hydrogen) atoms. The van der Waals surface area contributed by atoms with Crippen molar-refractivity contribution >= 4 is 0 Å². The van der Waals surface area contributed by atoms with Crippen LogP contribution in [0.25, 0.3) is 0 Å². The lowest BCUT2D eigenvalue weighted by Crippen LogP contribution is -2.30. The van der Waals surface area contributed by atoms with E-state index in [0.29, 0.717) is 0 Å². The van der Waals surface area contributed by atoms with Crippen LogP contribution >= 0.6 is 0 Å². The van der Waals surface area contributed by atoms with E-state index in [1.165, 1.54) is 31.4 Å². The minimum absolute atomic E-state index is 0.189. The Bertz CT molecular complexity index is 319. The van der Waals surface area contributed by atoms with Gasteiger partial charge in [-0.15, -0.1) is 0 Å². The highest BCUT2D eigenvalue weighted by Gasteiger charge is 2.28. The fourth-order valence-electron chi connectivity index (χ4n) is 2.38. The molecule has 2 heteroatoms. The van der Waals surface area contributed by atoms with E-state index in [9.17, 15) is 0 Å². The van der Waals surface area contributed by atoms with Crippen LogP contribution in [0, 0.1) is 0 Å². The first-order valence-electron chi connectivity index (χ1n) is 6.86. The molecule has 0 spiro atoms. The molecule has 0 aliphatic heterocycles. The molecule has 2 rings (SSSR count). The average Bonchev–Trinajstić information content (AvgIpc) is 3.19. The van der Waals surface area contributed by atoms with Crippen molar-refractivity contribution < 1.29 is 0 Å². The third-order valence-electron chi connectivity index (χ3n) is 3.53. The molecule has 94 valence electrons. The van der Waals surface area contributed by atoms with Crippen LogP contribution in [-0.4, -0.2) is 24.0 Å². The van der Waals surface area contributed by atoms with Crippen molar-refractivity contribution in [2.24, 2.45) is 5.73 Å². The van der Waals surface area contributed by atoms with Gasteiger partial charge in [-0.1, -0.05) is 37.3 Å². The lowest BCUT2D eigenvalue weighted by molar-refractivity contribution is 0.253. The van der Waals surface area contributed by atoms with Crippen LogP contribution in [0.2, 0.25) is 0 Å². The van der Waals surface area contributed by atoms with E-state index >= 15 is 0 Å². The Morgan fingerprint density at radius 3 is 2.53 bits per heavy atom. The maximum atomic E-state index is 6.23. The zero-order valence-electron chi connectivity index (χ0n) is 10.8. The fourth-order valence-corrected chi connectivity index (χ4v) is 2.38. The molecule has 1 fully saturated rings. The van der Waals surface area contributed by atoms with Crippen LogP contribution in [-0.2, 0) is 0 Å². The second-order valence-corrected chi connectivity index (χ2v) is 5.07. The molecule has 1 aromatic rings. The first-order chi connectivity index (χ1) is 8.31. The smallest absolute Gasteiger partial charge is 0.0307 e. The number of hydrogen-bond donors (Lipinski definition) is 1. The Balaban J connectivity index is 1.80. The summed E-state index contributed by atoms with van der Waals surface area (Å²) in [4.78, 5) is 2.61. The normalized spacial score (nSPS) is 17.4. The van der Waals surface area contributed by atoms with Gasteiger partial charge in [-0.05, 0) is 37.8 Å². The summed E-state index contributed by atoms with van der Waals surface area (Å²) in [5, 5.41) is 0. The van der Waals surface area contributed by atoms with Crippen LogP contribution in [0.5, 0.6) is 0 Å². The van der Waals surface area contributed by atoms with Gasteiger partial charge in [0.2, 0.25) is 0 Å². The summed E-state index contributed by atoms with van der Waals surface area (Å²) in [7, 11) is 0. The second-order valence-electron chi connectivity index (χ2n) is 5.07. The van der Waals surface area contributed by atoms with E-state index in [2.05, 4.69) is 36.1 Å². The molecule has 0 bridgehead atoms. The summed E-state index contributed by atoms with van der Waals surface area (Å²) in [5.41, 5.74) is 7.50. The lowest BCUT2D eigenvalue weighted by Gasteiger charge is -2.23. The highest BCUT2D eigenvalue weighted by Crippen LogP contribution is 2.27.